The first-order chi connectivity index (χ1) is 10.4. The molecule has 1 fully saturated rings. The van der Waals surface area contributed by atoms with Crippen LogP contribution in [0, 0.1) is 0 Å². The van der Waals surface area contributed by atoms with Crippen molar-refractivity contribution in [1.29, 1.82) is 0 Å². The molecule has 1 aromatic heterocycles. The first-order valence-corrected chi connectivity index (χ1v) is 7.24. The largest absolute Gasteiger partial charge is 0.373 e. The van der Waals surface area contributed by atoms with Crippen molar-refractivity contribution < 1.29 is 18.3 Å². The number of anilines is 1. The molecular formula is C14H20F2N4O2. The fourth-order valence-electron chi connectivity index (χ4n) is 2.02. The van der Waals surface area contributed by atoms with E-state index in [4.69, 9.17) is 4.74 Å². The Labute approximate surface area is 127 Å². The Morgan fingerprint density at radius 2 is 2.18 bits per heavy atom. The van der Waals surface area contributed by atoms with Gasteiger partial charge in [0.25, 0.3) is 5.92 Å². The Morgan fingerprint density at radius 1 is 1.50 bits per heavy atom. The van der Waals surface area contributed by atoms with E-state index in [0.29, 0.717) is 11.5 Å². The van der Waals surface area contributed by atoms with Gasteiger partial charge in [-0.2, -0.15) is 0 Å². The Bertz CT molecular complexity index is 510. The highest BCUT2D eigenvalue weighted by Gasteiger charge is 2.36. The minimum Gasteiger partial charge on any atom is -0.373 e. The van der Waals surface area contributed by atoms with Crippen molar-refractivity contribution in [3.05, 3.63) is 18.2 Å². The molecule has 22 heavy (non-hydrogen) atoms. The van der Waals surface area contributed by atoms with Gasteiger partial charge in [-0.3, -0.25) is 0 Å². The van der Waals surface area contributed by atoms with Crippen LogP contribution in [0.25, 0.3) is 0 Å². The van der Waals surface area contributed by atoms with Crippen molar-refractivity contribution in [3.8, 4) is 0 Å². The van der Waals surface area contributed by atoms with Gasteiger partial charge in [0.15, 0.2) is 0 Å². The Kier molecular flexibility index (Phi) is 5.23. The van der Waals surface area contributed by atoms with E-state index in [1.165, 1.54) is 12.4 Å². The van der Waals surface area contributed by atoms with Crippen LogP contribution in [0.15, 0.2) is 12.4 Å². The molecule has 1 atom stereocenters. The lowest BCUT2D eigenvalue weighted by Crippen LogP contribution is -2.43. The van der Waals surface area contributed by atoms with E-state index in [0.717, 1.165) is 11.3 Å². The number of rotatable bonds is 3. The molecule has 1 aliphatic rings. The van der Waals surface area contributed by atoms with Crippen molar-refractivity contribution >= 4 is 11.7 Å². The fourth-order valence-corrected chi connectivity index (χ4v) is 2.02. The second-order valence-corrected chi connectivity index (χ2v) is 5.40. The molecule has 6 nitrogen and oxygen atoms in total. The molecule has 0 radical (unpaired) electrons. The number of carbonyl (C=O) groups is 1. The number of carbonyl (C=O) groups excluding carboxylic acids is 1. The van der Waals surface area contributed by atoms with Crippen LogP contribution < -0.4 is 5.32 Å². The van der Waals surface area contributed by atoms with Crippen LogP contribution in [-0.4, -0.2) is 53.1 Å². The average molecular weight is 314 g/mol. The third-order valence-electron chi connectivity index (χ3n) is 3.50. The van der Waals surface area contributed by atoms with Crippen molar-refractivity contribution in [3.63, 3.8) is 0 Å². The lowest BCUT2D eigenvalue weighted by Gasteiger charge is -2.23. The quantitative estimate of drug-likeness (QED) is 0.931. The molecule has 1 N–H and O–H groups in total. The maximum Gasteiger partial charge on any atom is 0.322 e. The van der Waals surface area contributed by atoms with Gasteiger partial charge in [0.2, 0.25) is 0 Å². The summed E-state index contributed by atoms with van der Waals surface area (Å²) in [6.07, 6.45) is 3.88. The van der Waals surface area contributed by atoms with Crippen LogP contribution in [-0.2, 0) is 4.74 Å². The molecule has 0 saturated carbocycles. The van der Waals surface area contributed by atoms with Crippen LogP contribution in [0.2, 0.25) is 0 Å². The van der Waals surface area contributed by atoms with Crippen molar-refractivity contribution in [2.45, 2.75) is 32.1 Å². The number of halogens is 2. The van der Waals surface area contributed by atoms with Gasteiger partial charge in [-0.05, 0) is 6.42 Å². The maximum atomic E-state index is 13.4. The molecule has 2 amide bonds. The summed E-state index contributed by atoms with van der Waals surface area (Å²) in [6, 6.07) is -0.606. The zero-order valence-electron chi connectivity index (χ0n) is 12.7. The highest BCUT2D eigenvalue weighted by Crippen LogP contribution is 2.19. The summed E-state index contributed by atoms with van der Waals surface area (Å²) in [5.74, 6) is -2.12. The van der Waals surface area contributed by atoms with Gasteiger partial charge >= 0.3 is 6.03 Å². The molecule has 1 aromatic rings. The molecule has 0 unspecified atom stereocenters. The number of ether oxygens (including phenoxy) is 1. The number of nitrogens with one attached hydrogen (secondary N) is 1. The number of alkyl halides is 2. The van der Waals surface area contributed by atoms with E-state index in [1.807, 2.05) is 13.8 Å². The van der Waals surface area contributed by atoms with Crippen LogP contribution in [0.5, 0.6) is 0 Å². The third-order valence-corrected chi connectivity index (χ3v) is 3.50. The van der Waals surface area contributed by atoms with E-state index in [-0.39, 0.29) is 19.1 Å². The average Bonchev–Trinajstić information content (AvgIpc) is 2.68. The number of hydrogen-bond acceptors (Lipinski definition) is 4. The standard InChI is InChI=1S/C14H20F2N4O2/c1-3-10(2)12-17-6-11(7-18-12)19-13(21)20-4-5-22-9-14(15,16)8-20/h6-7,10H,3-5,8-9H2,1-2H3,(H,19,21)/t10-/m1/s1. The molecule has 0 aromatic carbocycles. The summed E-state index contributed by atoms with van der Waals surface area (Å²) >= 11 is 0. The van der Waals surface area contributed by atoms with Crippen molar-refractivity contribution in [1.82, 2.24) is 14.9 Å². The Balaban J connectivity index is 1.99. The minimum atomic E-state index is -3.04. The lowest BCUT2D eigenvalue weighted by molar-refractivity contribution is -0.0648. The zero-order chi connectivity index (χ0) is 16.2. The second-order valence-electron chi connectivity index (χ2n) is 5.40. The molecule has 2 rings (SSSR count). The molecule has 122 valence electrons. The summed E-state index contributed by atoms with van der Waals surface area (Å²) in [7, 11) is 0. The van der Waals surface area contributed by atoms with Crippen LogP contribution in [0.1, 0.15) is 32.0 Å². The van der Waals surface area contributed by atoms with E-state index in [2.05, 4.69) is 15.3 Å². The predicted molar refractivity (Wildman–Crippen MR) is 77.1 cm³/mol. The van der Waals surface area contributed by atoms with Gasteiger partial charge in [-0.1, -0.05) is 13.8 Å². The van der Waals surface area contributed by atoms with Crippen LogP contribution in [0.4, 0.5) is 19.3 Å². The SMILES string of the molecule is CC[C@@H](C)c1ncc(NC(=O)N2CCOCC(F)(F)C2)cn1. The van der Waals surface area contributed by atoms with Gasteiger partial charge in [-0.15, -0.1) is 0 Å². The van der Waals surface area contributed by atoms with Crippen LogP contribution >= 0.6 is 0 Å². The van der Waals surface area contributed by atoms with Gasteiger partial charge in [0.1, 0.15) is 12.4 Å². The normalized spacial score (nSPS) is 19.4. The zero-order valence-corrected chi connectivity index (χ0v) is 12.7. The monoisotopic (exact) mass is 314 g/mol. The molecule has 0 aliphatic carbocycles. The smallest absolute Gasteiger partial charge is 0.322 e. The highest BCUT2D eigenvalue weighted by molar-refractivity contribution is 5.89. The van der Waals surface area contributed by atoms with Crippen molar-refractivity contribution in [2.75, 3.05) is 31.6 Å². The summed E-state index contributed by atoms with van der Waals surface area (Å²) in [6.45, 7) is 2.92. The Morgan fingerprint density at radius 3 is 2.82 bits per heavy atom. The van der Waals surface area contributed by atoms with E-state index < -0.39 is 25.1 Å². The minimum absolute atomic E-state index is 0.0897. The number of amides is 2. The summed E-state index contributed by atoms with van der Waals surface area (Å²) < 4.78 is 31.6. The summed E-state index contributed by atoms with van der Waals surface area (Å²) in [5.41, 5.74) is 0.380. The van der Waals surface area contributed by atoms with E-state index in [1.54, 1.807) is 0 Å². The fraction of sp³-hybridized carbons (Fsp3) is 0.643. The van der Waals surface area contributed by atoms with E-state index >= 15 is 0 Å². The highest BCUT2D eigenvalue weighted by atomic mass is 19.3. The first-order valence-electron chi connectivity index (χ1n) is 7.24. The molecule has 8 heteroatoms. The topological polar surface area (TPSA) is 67.4 Å². The molecule has 0 spiro atoms. The van der Waals surface area contributed by atoms with Gasteiger partial charge in [-0.25, -0.2) is 23.5 Å². The van der Waals surface area contributed by atoms with Crippen molar-refractivity contribution in [2.24, 2.45) is 0 Å². The van der Waals surface area contributed by atoms with Gasteiger partial charge in [0, 0.05) is 12.5 Å². The summed E-state index contributed by atoms with van der Waals surface area (Å²) in [4.78, 5) is 21.4. The molecule has 1 aliphatic heterocycles. The Hall–Kier alpha value is -1.83. The molecule has 0 bridgehead atoms. The van der Waals surface area contributed by atoms with Gasteiger partial charge < -0.3 is 15.0 Å². The first kappa shape index (κ1) is 16.5. The molecule has 2 heterocycles. The number of hydrogen-bond donors (Lipinski definition) is 1. The van der Waals surface area contributed by atoms with Gasteiger partial charge in [0.05, 0.1) is 31.2 Å². The maximum absolute atomic E-state index is 13.4. The molecule has 1 saturated heterocycles. The number of aromatic nitrogens is 2. The van der Waals surface area contributed by atoms with E-state index in [9.17, 15) is 13.6 Å². The van der Waals surface area contributed by atoms with Crippen LogP contribution in [0.3, 0.4) is 0 Å². The number of nitrogens with zero attached hydrogens (tertiary/aromatic N) is 3. The molecular weight excluding hydrogens is 294 g/mol. The predicted octanol–water partition coefficient (Wildman–Crippen LogP) is 2.49. The lowest BCUT2D eigenvalue weighted by atomic mass is 10.1. The second kappa shape index (κ2) is 6.95. The number of urea groups is 1. The third kappa shape index (κ3) is 4.33. The summed E-state index contributed by atoms with van der Waals surface area (Å²) in [5, 5.41) is 2.53.